The molecular formula is C16H13F2NO4. The summed E-state index contributed by atoms with van der Waals surface area (Å²) in [6.45, 7) is -0.596. The molecule has 0 bridgehead atoms. The summed E-state index contributed by atoms with van der Waals surface area (Å²) in [6.07, 6.45) is 0. The van der Waals surface area contributed by atoms with E-state index in [0.717, 1.165) is 12.1 Å². The Labute approximate surface area is 130 Å². The maximum absolute atomic E-state index is 13.4. The van der Waals surface area contributed by atoms with Gasteiger partial charge in [-0.2, -0.15) is 0 Å². The number of amides is 1. The van der Waals surface area contributed by atoms with E-state index < -0.39 is 30.1 Å². The van der Waals surface area contributed by atoms with E-state index in [1.54, 1.807) is 12.1 Å². The number of nitrogens with one attached hydrogen (secondary N) is 1. The van der Waals surface area contributed by atoms with E-state index in [4.69, 9.17) is 9.47 Å². The lowest BCUT2D eigenvalue weighted by Crippen LogP contribution is -2.21. The van der Waals surface area contributed by atoms with E-state index >= 15 is 0 Å². The highest BCUT2D eigenvalue weighted by Gasteiger charge is 2.12. The predicted molar refractivity (Wildman–Crippen MR) is 78.3 cm³/mol. The summed E-state index contributed by atoms with van der Waals surface area (Å²) in [5.41, 5.74) is 0.0449. The average Bonchev–Trinajstić information content (AvgIpc) is 2.55. The molecule has 0 atom stereocenters. The molecule has 0 aliphatic rings. The number of esters is 1. The number of carbonyl (C=O) groups is 2. The number of hydrogen-bond acceptors (Lipinski definition) is 4. The number of halogens is 2. The van der Waals surface area contributed by atoms with Crippen molar-refractivity contribution < 1.29 is 27.8 Å². The maximum Gasteiger partial charge on any atom is 0.338 e. The summed E-state index contributed by atoms with van der Waals surface area (Å²) in [7, 11) is 1.49. The third-order valence-corrected chi connectivity index (χ3v) is 2.87. The molecule has 0 aromatic heterocycles. The van der Waals surface area contributed by atoms with Crippen molar-refractivity contribution in [3.63, 3.8) is 0 Å². The Morgan fingerprint density at radius 1 is 1.09 bits per heavy atom. The molecule has 0 aliphatic carbocycles. The summed E-state index contributed by atoms with van der Waals surface area (Å²) in [5.74, 6) is -2.54. The highest BCUT2D eigenvalue weighted by atomic mass is 19.1. The zero-order chi connectivity index (χ0) is 16.8. The molecule has 0 saturated heterocycles. The van der Waals surface area contributed by atoms with E-state index in [9.17, 15) is 18.4 Å². The summed E-state index contributed by atoms with van der Waals surface area (Å²) in [5, 5.41) is 2.18. The van der Waals surface area contributed by atoms with Gasteiger partial charge in [-0.1, -0.05) is 0 Å². The lowest BCUT2D eigenvalue weighted by molar-refractivity contribution is -0.119. The van der Waals surface area contributed by atoms with Crippen LogP contribution in [-0.2, 0) is 9.53 Å². The molecule has 1 N–H and O–H groups in total. The van der Waals surface area contributed by atoms with Crippen molar-refractivity contribution in [2.45, 2.75) is 0 Å². The fraction of sp³-hybridized carbons (Fsp3) is 0.125. The van der Waals surface area contributed by atoms with Crippen LogP contribution in [0.25, 0.3) is 0 Å². The molecule has 23 heavy (non-hydrogen) atoms. The summed E-state index contributed by atoms with van der Waals surface area (Å²) >= 11 is 0. The molecule has 0 saturated carbocycles. The first-order valence-corrected chi connectivity index (χ1v) is 6.55. The van der Waals surface area contributed by atoms with Gasteiger partial charge in [0.25, 0.3) is 5.91 Å². The van der Waals surface area contributed by atoms with Crippen LogP contribution in [0.1, 0.15) is 10.4 Å². The molecular weight excluding hydrogens is 308 g/mol. The zero-order valence-corrected chi connectivity index (χ0v) is 12.1. The molecule has 0 unspecified atom stereocenters. The van der Waals surface area contributed by atoms with Gasteiger partial charge in [0.15, 0.2) is 6.61 Å². The first kappa shape index (κ1) is 16.4. The van der Waals surface area contributed by atoms with Crippen LogP contribution in [0.2, 0.25) is 0 Å². The van der Waals surface area contributed by atoms with Crippen LogP contribution in [0.5, 0.6) is 5.75 Å². The van der Waals surface area contributed by atoms with Crippen molar-refractivity contribution >= 4 is 17.6 Å². The number of anilines is 1. The number of carbonyl (C=O) groups excluding carboxylic acids is 2. The van der Waals surface area contributed by atoms with Crippen molar-refractivity contribution in [3.8, 4) is 5.75 Å². The molecule has 2 aromatic carbocycles. The fourth-order valence-corrected chi connectivity index (χ4v) is 1.72. The molecule has 2 aromatic rings. The highest BCUT2D eigenvalue weighted by Crippen LogP contribution is 2.15. The van der Waals surface area contributed by atoms with Crippen molar-refractivity contribution in [1.82, 2.24) is 0 Å². The van der Waals surface area contributed by atoms with Crippen LogP contribution in [0.15, 0.2) is 42.5 Å². The van der Waals surface area contributed by atoms with Gasteiger partial charge in [0.05, 0.1) is 18.4 Å². The Hall–Kier alpha value is -2.96. The third kappa shape index (κ3) is 4.50. The summed E-state index contributed by atoms with van der Waals surface area (Å²) < 4.78 is 35.9. The normalized spacial score (nSPS) is 10.0. The van der Waals surface area contributed by atoms with Gasteiger partial charge < -0.3 is 14.8 Å². The van der Waals surface area contributed by atoms with Crippen LogP contribution in [0.3, 0.4) is 0 Å². The van der Waals surface area contributed by atoms with E-state index in [1.807, 2.05) is 0 Å². The first-order valence-electron chi connectivity index (χ1n) is 6.55. The molecule has 1 amide bonds. The lowest BCUT2D eigenvalue weighted by atomic mass is 10.2. The quantitative estimate of drug-likeness (QED) is 0.860. The molecule has 0 aliphatic heterocycles. The fourth-order valence-electron chi connectivity index (χ4n) is 1.72. The minimum atomic E-state index is -0.917. The second-order valence-electron chi connectivity index (χ2n) is 4.48. The minimum Gasteiger partial charge on any atom is -0.497 e. The number of ether oxygens (including phenoxy) is 2. The monoisotopic (exact) mass is 321 g/mol. The van der Waals surface area contributed by atoms with E-state index in [-0.39, 0.29) is 11.3 Å². The Kier molecular flexibility index (Phi) is 5.24. The Bertz CT molecular complexity index is 717. The van der Waals surface area contributed by atoms with Gasteiger partial charge in [-0.15, -0.1) is 0 Å². The van der Waals surface area contributed by atoms with Crippen LogP contribution in [-0.4, -0.2) is 25.6 Å². The Morgan fingerprint density at radius 3 is 2.39 bits per heavy atom. The lowest BCUT2D eigenvalue weighted by Gasteiger charge is -2.08. The molecule has 5 nitrogen and oxygen atoms in total. The van der Waals surface area contributed by atoms with E-state index in [0.29, 0.717) is 11.8 Å². The smallest absolute Gasteiger partial charge is 0.338 e. The average molecular weight is 321 g/mol. The van der Waals surface area contributed by atoms with Gasteiger partial charge in [-0.25, -0.2) is 13.6 Å². The molecule has 0 heterocycles. The number of rotatable bonds is 5. The second kappa shape index (κ2) is 7.35. The highest BCUT2D eigenvalue weighted by molar-refractivity contribution is 5.95. The zero-order valence-electron chi connectivity index (χ0n) is 12.1. The van der Waals surface area contributed by atoms with Crippen molar-refractivity contribution in [1.29, 1.82) is 0 Å². The van der Waals surface area contributed by atoms with Crippen LogP contribution < -0.4 is 10.1 Å². The van der Waals surface area contributed by atoms with Crippen LogP contribution in [0, 0.1) is 11.6 Å². The van der Waals surface area contributed by atoms with E-state index in [2.05, 4.69) is 5.32 Å². The van der Waals surface area contributed by atoms with Crippen molar-refractivity contribution in [2.75, 3.05) is 19.0 Å². The third-order valence-electron chi connectivity index (χ3n) is 2.87. The molecule has 0 fully saturated rings. The number of benzene rings is 2. The maximum atomic E-state index is 13.4. The Morgan fingerprint density at radius 2 is 1.78 bits per heavy atom. The first-order chi connectivity index (χ1) is 11.0. The van der Waals surface area contributed by atoms with Gasteiger partial charge in [0.1, 0.15) is 17.4 Å². The van der Waals surface area contributed by atoms with Gasteiger partial charge in [-0.05, 0) is 36.4 Å². The summed E-state index contributed by atoms with van der Waals surface area (Å²) in [4.78, 5) is 23.4. The van der Waals surface area contributed by atoms with Gasteiger partial charge in [0, 0.05) is 6.07 Å². The number of methoxy groups -OCH3 is 1. The topological polar surface area (TPSA) is 64.6 Å². The van der Waals surface area contributed by atoms with Crippen LogP contribution in [0.4, 0.5) is 14.5 Å². The van der Waals surface area contributed by atoms with E-state index in [1.165, 1.54) is 19.2 Å². The number of hydrogen-bond donors (Lipinski definition) is 1. The Balaban J connectivity index is 1.89. The molecule has 120 valence electrons. The largest absolute Gasteiger partial charge is 0.497 e. The standard InChI is InChI=1S/C16H13F2NO4/c1-22-12-5-2-10(3-6-12)16(21)23-9-15(20)19-14-7-4-11(17)8-13(14)18/h2-8H,9H2,1H3,(H,19,20). The molecule has 7 heteroatoms. The SMILES string of the molecule is COc1ccc(C(=O)OCC(=O)Nc2ccc(F)cc2F)cc1. The van der Waals surface area contributed by atoms with Gasteiger partial charge in [-0.3, -0.25) is 4.79 Å². The molecule has 2 rings (SSSR count). The second-order valence-corrected chi connectivity index (χ2v) is 4.48. The molecule has 0 spiro atoms. The molecule has 0 radical (unpaired) electrons. The predicted octanol–water partition coefficient (Wildman–Crippen LogP) is 2.77. The summed E-state index contributed by atoms with van der Waals surface area (Å²) in [6, 6.07) is 8.83. The minimum absolute atomic E-state index is 0.197. The van der Waals surface area contributed by atoms with Crippen LogP contribution >= 0.6 is 0 Å². The van der Waals surface area contributed by atoms with Gasteiger partial charge in [0.2, 0.25) is 0 Å². The van der Waals surface area contributed by atoms with Gasteiger partial charge >= 0.3 is 5.97 Å². The van der Waals surface area contributed by atoms with Crippen molar-refractivity contribution in [2.24, 2.45) is 0 Å². The van der Waals surface area contributed by atoms with Crippen molar-refractivity contribution in [3.05, 3.63) is 59.7 Å².